The predicted molar refractivity (Wildman–Crippen MR) is 182 cm³/mol. The molecular formula is C38H61N3O3. The minimum atomic E-state index is -0.0148. The van der Waals surface area contributed by atoms with Gasteiger partial charge in [0.1, 0.15) is 0 Å². The Morgan fingerprint density at radius 2 is 0.795 bits per heavy atom. The van der Waals surface area contributed by atoms with Gasteiger partial charge < -0.3 is 16.0 Å². The predicted octanol–water partition coefficient (Wildman–Crippen LogP) is 9.67. The lowest BCUT2D eigenvalue weighted by atomic mass is 9.69. The molecule has 3 aliphatic rings. The minimum absolute atomic E-state index is 0.00251. The summed E-state index contributed by atoms with van der Waals surface area (Å²) in [7, 11) is 0. The molecule has 1 aromatic rings. The van der Waals surface area contributed by atoms with Crippen LogP contribution >= 0.6 is 0 Å². The molecule has 3 N–H and O–H groups in total. The van der Waals surface area contributed by atoms with Crippen molar-refractivity contribution in [3.8, 4) is 0 Å². The fourth-order valence-corrected chi connectivity index (χ4v) is 8.07. The van der Waals surface area contributed by atoms with Crippen LogP contribution in [0.1, 0.15) is 132 Å². The molecule has 0 bridgehead atoms. The molecule has 3 aliphatic carbocycles. The molecule has 0 saturated heterocycles. The van der Waals surface area contributed by atoms with E-state index in [1.165, 1.54) is 0 Å². The van der Waals surface area contributed by atoms with Gasteiger partial charge in [-0.15, -0.1) is 0 Å². The Balaban J connectivity index is 1.45. The molecule has 4 rings (SSSR count). The van der Waals surface area contributed by atoms with Crippen LogP contribution in [0, 0.1) is 52.3 Å². The fraction of sp³-hybridized carbons (Fsp3) is 0.763. The third-order valence-corrected chi connectivity index (χ3v) is 11.5. The van der Waals surface area contributed by atoms with Crippen molar-refractivity contribution in [3.05, 3.63) is 18.2 Å². The van der Waals surface area contributed by atoms with Crippen molar-refractivity contribution in [2.75, 3.05) is 16.0 Å². The van der Waals surface area contributed by atoms with Crippen LogP contribution in [0.5, 0.6) is 0 Å². The molecule has 246 valence electrons. The molecule has 0 radical (unpaired) electrons. The van der Waals surface area contributed by atoms with E-state index in [0.717, 1.165) is 77.0 Å². The van der Waals surface area contributed by atoms with Gasteiger partial charge in [-0.1, -0.05) is 55.4 Å². The molecule has 0 aliphatic heterocycles. The maximum absolute atomic E-state index is 13.4. The summed E-state index contributed by atoms with van der Waals surface area (Å²) in [5, 5.41) is 9.45. The summed E-state index contributed by atoms with van der Waals surface area (Å²) in [5.41, 5.74) is 2.41. The van der Waals surface area contributed by atoms with E-state index in [0.29, 0.717) is 40.7 Å². The van der Waals surface area contributed by atoms with Crippen LogP contribution in [0.3, 0.4) is 0 Å². The maximum Gasteiger partial charge on any atom is 0.227 e. The molecule has 3 amide bonds. The standard InChI is InChI=1S/C38H61N3O3/c1-24(2)25-9-11-26(12-10-25)34(42)39-31-21-32(40-35(43)27-13-17-29(18-14-27)37(3,4)5)23-33(22-31)41-36(44)28-15-19-30(20-16-28)38(6,7)8/h21-30H,9-20H2,1-8H3,(H,39,42)(H,40,43)(H,41,44)/t25-,26+,27-,28-,29-,30-. The number of hydrogen-bond acceptors (Lipinski definition) is 3. The first kappa shape index (κ1) is 34.5. The summed E-state index contributed by atoms with van der Waals surface area (Å²) in [5.74, 6) is 2.69. The summed E-state index contributed by atoms with van der Waals surface area (Å²) < 4.78 is 0. The van der Waals surface area contributed by atoms with Gasteiger partial charge in [-0.3, -0.25) is 14.4 Å². The molecule has 0 heterocycles. The number of hydrogen-bond donors (Lipinski definition) is 3. The second-order valence-electron chi connectivity index (χ2n) is 17.0. The van der Waals surface area contributed by atoms with E-state index < -0.39 is 0 Å². The van der Waals surface area contributed by atoms with Crippen molar-refractivity contribution < 1.29 is 14.4 Å². The lowest BCUT2D eigenvalue weighted by Gasteiger charge is -2.36. The SMILES string of the molecule is CC(C)[C@H]1CC[C@@H](C(=O)Nc2cc(NC(=O)[C@H]3CC[C@H](C(C)(C)C)CC3)cc(NC(=O)[C@H]3CC[C@H](C(C)(C)C)CC3)c2)CC1. The van der Waals surface area contributed by atoms with Crippen LogP contribution in [-0.4, -0.2) is 17.7 Å². The largest absolute Gasteiger partial charge is 0.326 e. The van der Waals surface area contributed by atoms with Gasteiger partial charge in [-0.05, 0) is 130 Å². The van der Waals surface area contributed by atoms with Gasteiger partial charge in [-0.25, -0.2) is 0 Å². The van der Waals surface area contributed by atoms with Crippen molar-refractivity contribution in [2.45, 2.75) is 132 Å². The van der Waals surface area contributed by atoms with E-state index in [-0.39, 0.29) is 46.3 Å². The third-order valence-electron chi connectivity index (χ3n) is 11.5. The first-order chi connectivity index (χ1) is 20.6. The lowest BCUT2D eigenvalue weighted by molar-refractivity contribution is -0.122. The Morgan fingerprint density at radius 1 is 0.523 bits per heavy atom. The van der Waals surface area contributed by atoms with Gasteiger partial charge in [0.25, 0.3) is 0 Å². The number of benzene rings is 1. The summed E-state index contributed by atoms with van der Waals surface area (Å²) >= 11 is 0. The third kappa shape index (κ3) is 9.33. The molecule has 6 nitrogen and oxygen atoms in total. The Morgan fingerprint density at radius 3 is 1.05 bits per heavy atom. The first-order valence-corrected chi connectivity index (χ1v) is 17.7. The Hall–Kier alpha value is -2.37. The van der Waals surface area contributed by atoms with E-state index in [1.54, 1.807) is 0 Å². The number of carbonyl (C=O) groups excluding carboxylic acids is 3. The Bertz CT molecular complexity index is 1070. The zero-order valence-corrected chi connectivity index (χ0v) is 29.0. The number of nitrogens with one attached hydrogen (secondary N) is 3. The topological polar surface area (TPSA) is 87.3 Å². The smallest absolute Gasteiger partial charge is 0.227 e. The van der Waals surface area contributed by atoms with Crippen LogP contribution in [-0.2, 0) is 14.4 Å². The van der Waals surface area contributed by atoms with E-state index in [9.17, 15) is 14.4 Å². The van der Waals surface area contributed by atoms with Crippen molar-refractivity contribution in [2.24, 2.45) is 52.3 Å². The summed E-state index contributed by atoms with van der Waals surface area (Å²) in [4.78, 5) is 40.1. The Labute approximate surface area is 267 Å². The van der Waals surface area contributed by atoms with Crippen molar-refractivity contribution >= 4 is 34.8 Å². The summed E-state index contributed by atoms with van der Waals surface area (Å²) in [6.45, 7) is 18.3. The molecule has 44 heavy (non-hydrogen) atoms. The first-order valence-electron chi connectivity index (χ1n) is 17.7. The number of anilines is 3. The number of amides is 3. The molecule has 0 aromatic heterocycles. The van der Waals surface area contributed by atoms with Crippen LogP contribution in [0.4, 0.5) is 17.1 Å². The molecule has 3 saturated carbocycles. The molecular weight excluding hydrogens is 546 g/mol. The second-order valence-corrected chi connectivity index (χ2v) is 17.0. The lowest BCUT2D eigenvalue weighted by Crippen LogP contribution is -2.32. The van der Waals surface area contributed by atoms with Crippen LogP contribution in [0.15, 0.2) is 18.2 Å². The fourth-order valence-electron chi connectivity index (χ4n) is 8.07. The van der Waals surface area contributed by atoms with Gasteiger partial charge in [0.05, 0.1) is 0 Å². The molecule has 6 heteroatoms. The molecule has 3 fully saturated rings. The molecule has 0 spiro atoms. The van der Waals surface area contributed by atoms with Gasteiger partial charge in [-0.2, -0.15) is 0 Å². The molecule has 0 atom stereocenters. The minimum Gasteiger partial charge on any atom is -0.326 e. The average molecular weight is 608 g/mol. The summed E-state index contributed by atoms with van der Waals surface area (Å²) in [6, 6.07) is 5.54. The molecule has 0 unspecified atom stereocenters. The second kappa shape index (κ2) is 14.4. The normalized spacial score (nSPS) is 28.3. The van der Waals surface area contributed by atoms with Crippen molar-refractivity contribution in [1.29, 1.82) is 0 Å². The maximum atomic E-state index is 13.4. The Kier molecular flexibility index (Phi) is 11.3. The molecule has 1 aromatic carbocycles. The quantitative estimate of drug-likeness (QED) is 0.288. The van der Waals surface area contributed by atoms with Gasteiger partial charge in [0, 0.05) is 34.8 Å². The van der Waals surface area contributed by atoms with E-state index in [2.05, 4.69) is 71.3 Å². The monoisotopic (exact) mass is 607 g/mol. The van der Waals surface area contributed by atoms with Gasteiger partial charge in [0.15, 0.2) is 0 Å². The van der Waals surface area contributed by atoms with Crippen LogP contribution < -0.4 is 16.0 Å². The highest BCUT2D eigenvalue weighted by atomic mass is 16.2. The van der Waals surface area contributed by atoms with Crippen molar-refractivity contribution in [1.82, 2.24) is 0 Å². The highest BCUT2D eigenvalue weighted by Crippen LogP contribution is 2.42. The zero-order chi connectivity index (χ0) is 32.2. The van der Waals surface area contributed by atoms with E-state index in [1.807, 2.05) is 18.2 Å². The van der Waals surface area contributed by atoms with Crippen LogP contribution in [0.25, 0.3) is 0 Å². The number of carbonyl (C=O) groups is 3. The van der Waals surface area contributed by atoms with Gasteiger partial charge in [0.2, 0.25) is 17.7 Å². The summed E-state index contributed by atoms with van der Waals surface area (Å²) in [6.07, 6.45) is 11.8. The van der Waals surface area contributed by atoms with Crippen LogP contribution in [0.2, 0.25) is 0 Å². The van der Waals surface area contributed by atoms with E-state index >= 15 is 0 Å². The average Bonchev–Trinajstić information content (AvgIpc) is 2.96. The van der Waals surface area contributed by atoms with E-state index in [4.69, 9.17) is 0 Å². The number of rotatable bonds is 7. The highest BCUT2D eigenvalue weighted by Gasteiger charge is 2.34. The van der Waals surface area contributed by atoms with Crippen molar-refractivity contribution in [3.63, 3.8) is 0 Å². The van der Waals surface area contributed by atoms with Gasteiger partial charge >= 0.3 is 0 Å². The zero-order valence-electron chi connectivity index (χ0n) is 29.0. The highest BCUT2D eigenvalue weighted by molar-refractivity contribution is 5.99.